The molecule has 3 nitrogen and oxygen atoms in total. The van der Waals surface area contributed by atoms with Gasteiger partial charge in [-0.25, -0.2) is 4.98 Å². The minimum absolute atomic E-state index is 0.0654. The van der Waals surface area contributed by atoms with Gasteiger partial charge in [-0.1, -0.05) is 54.1 Å². The summed E-state index contributed by atoms with van der Waals surface area (Å²) >= 11 is 6.07. The Labute approximate surface area is 152 Å². The van der Waals surface area contributed by atoms with E-state index in [0.717, 1.165) is 10.6 Å². The molecule has 1 atom stereocenters. The molecule has 0 aliphatic heterocycles. The highest BCUT2D eigenvalue weighted by Gasteiger charge is 2.21. The van der Waals surface area contributed by atoms with Gasteiger partial charge in [0.1, 0.15) is 0 Å². The Morgan fingerprint density at radius 1 is 0.960 bits per heavy atom. The second-order valence-corrected chi connectivity index (χ2v) is 6.56. The quantitative estimate of drug-likeness (QED) is 0.498. The normalized spacial score (nSPS) is 12.2. The first-order valence-electron chi connectivity index (χ1n) is 8.16. The summed E-state index contributed by atoms with van der Waals surface area (Å²) in [7, 11) is 2.05. The van der Waals surface area contributed by atoms with E-state index in [-0.39, 0.29) is 6.04 Å². The van der Waals surface area contributed by atoms with Gasteiger partial charge in [0, 0.05) is 48.0 Å². The van der Waals surface area contributed by atoms with Gasteiger partial charge < -0.3 is 9.13 Å². The van der Waals surface area contributed by atoms with Crippen molar-refractivity contribution in [2.45, 2.75) is 6.04 Å². The van der Waals surface area contributed by atoms with Gasteiger partial charge >= 0.3 is 0 Å². The molecule has 0 saturated heterocycles. The number of aromatic nitrogens is 3. The number of imidazole rings is 1. The molecule has 0 amide bonds. The van der Waals surface area contributed by atoms with Crippen molar-refractivity contribution in [2.24, 2.45) is 7.05 Å². The van der Waals surface area contributed by atoms with Crippen molar-refractivity contribution in [3.8, 4) is 11.1 Å². The van der Waals surface area contributed by atoms with Crippen molar-refractivity contribution < 1.29 is 0 Å². The van der Waals surface area contributed by atoms with Crippen LogP contribution in [0.5, 0.6) is 0 Å². The van der Waals surface area contributed by atoms with Crippen molar-refractivity contribution in [1.82, 2.24) is 14.1 Å². The van der Waals surface area contributed by atoms with Gasteiger partial charge in [0.05, 0.1) is 12.4 Å². The zero-order chi connectivity index (χ0) is 17.2. The minimum Gasteiger partial charge on any atom is -0.356 e. The average molecular weight is 348 g/mol. The fraction of sp³-hybridized carbons (Fsp3) is 0.0952. The summed E-state index contributed by atoms with van der Waals surface area (Å²) in [5.41, 5.74) is 4.80. The highest BCUT2D eigenvalue weighted by atomic mass is 35.5. The second-order valence-electron chi connectivity index (χ2n) is 6.12. The molecule has 124 valence electrons. The Morgan fingerprint density at radius 2 is 1.72 bits per heavy atom. The number of halogens is 1. The zero-order valence-electron chi connectivity index (χ0n) is 13.9. The van der Waals surface area contributed by atoms with E-state index in [2.05, 4.69) is 70.0 Å². The monoisotopic (exact) mass is 347 g/mol. The van der Waals surface area contributed by atoms with Crippen LogP contribution in [0, 0.1) is 0 Å². The molecule has 25 heavy (non-hydrogen) atoms. The maximum atomic E-state index is 6.07. The van der Waals surface area contributed by atoms with Crippen molar-refractivity contribution in [1.29, 1.82) is 0 Å². The molecule has 0 aliphatic carbocycles. The van der Waals surface area contributed by atoms with E-state index in [4.69, 9.17) is 11.6 Å². The van der Waals surface area contributed by atoms with Crippen LogP contribution in [-0.2, 0) is 7.05 Å². The standard InChI is InChI=1S/C21H18ClN3/c1-24-13-19(16-7-9-18(22)10-8-16)20(14-24)21(25-12-11-23-15-25)17-5-3-2-4-6-17/h2-15,21H,1H3/t21-/m1/s1. The van der Waals surface area contributed by atoms with Crippen molar-refractivity contribution in [3.63, 3.8) is 0 Å². The summed E-state index contributed by atoms with van der Waals surface area (Å²) in [6.45, 7) is 0. The minimum atomic E-state index is 0.0654. The van der Waals surface area contributed by atoms with Gasteiger partial charge in [0.2, 0.25) is 0 Å². The van der Waals surface area contributed by atoms with E-state index < -0.39 is 0 Å². The van der Waals surface area contributed by atoms with Gasteiger partial charge in [0.25, 0.3) is 0 Å². The Balaban J connectivity index is 1.90. The number of hydrogen-bond donors (Lipinski definition) is 0. The van der Waals surface area contributed by atoms with Crippen LogP contribution in [0.2, 0.25) is 5.02 Å². The molecule has 2 aromatic heterocycles. The van der Waals surface area contributed by atoms with Crippen LogP contribution in [0.25, 0.3) is 11.1 Å². The third kappa shape index (κ3) is 3.11. The molecule has 0 saturated carbocycles. The zero-order valence-corrected chi connectivity index (χ0v) is 14.6. The van der Waals surface area contributed by atoms with E-state index in [1.165, 1.54) is 16.7 Å². The van der Waals surface area contributed by atoms with Gasteiger partial charge in [-0.2, -0.15) is 0 Å². The van der Waals surface area contributed by atoms with Gasteiger partial charge in [-0.15, -0.1) is 0 Å². The summed E-state index contributed by atoms with van der Waals surface area (Å²) in [6.07, 6.45) is 10.0. The fourth-order valence-corrected chi connectivity index (χ4v) is 3.39. The van der Waals surface area contributed by atoms with Crippen molar-refractivity contribution in [3.05, 3.63) is 102 Å². The Morgan fingerprint density at radius 3 is 2.40 bits per heavy atom. The smallest absolute Gasteiger partial charge is 0.0954 e. The van der Waals surface area contributed by atoms with Gasteiger partial charge in [-0.3, -0.25) is 0 Å². The molecule has 4 heteroatoms. The molecule has 2 aromatic carbocycles. The number of rotatable bonds is 4. The number of aryl methyl sites for hydroxylation is 1. The number of benzene rings is 2. The number of nitrogens with zero attached hydrogens (tertiary/aromatic N) is 3. The summed E-state index contributed by atoms with van der Waals surface area (Å²) in [5.74, 6) is 0. The average Bonchev–Trinajstić information content (AvgIpc) is 3.28. The van der Waals surface area contributed by atoms with Crippen LogP contribution in [0.4, 0.5) is 0 Å². The number of hydrogen-bond acceptors (Lipinski definition) is 1. The third-order valence-corrected chi connectivity index (χ3v) is 4.63. The summed E-state index contributed by atoms with van der Waals surface area (Å²) in [4.78, 5) is 4.25. The molecule has 0 N–H and O–H groups in total. The Kier molecular flexibility index (Phi) is 4.16. The Hall–Kier alpha value is -2.78. The molecule has 4 rings (SSSR count). The molecule has 2 heterocycles. The highest BCUT2D eigenvalue weighted by Crippen LogP contribution is 2.35. The van der Waals surface area contributed by atoms with E-state index in [0.29, 0.717) is 0 Å². The second kappa shape index (κ2) is 6.61. The van der Waals surface area contributed by atoms with E-state index in [1.807, 2.05) is 36.9 Å². The maximum absolute atomic E-state index is 6.07. The lowest BCUT2D eigenvalue weighted by Crippen LogP contribution is -2.10. The first kappa shape index (κ1) is 15.7. The van der Waals surface area contributed by atoms with Crippen LogP contribution < -0.4 is 0 Å². The van der Waals surface area contributed by atoms with E-state index in [9.17, 15) is 0 Å². The lowest BCUT2D eigenvalue weighted by atomic mass is 9.94. The molecule has 4 aromatic rings. The third-order valence-electron chi connectivity index (χ3n) is 4.37. The molecule has 0 fully saturated rings. The van der Waals surface area contributed by atoms with Crippen LogP contribution in [-0.4, -0.2) is 14.1 Å². The van der Waals surface area contributed by atoms with Crippen LogP contribution >= 0.6 is 11.6 Å². The van der Waals surface area contributed by atoms with Gasteiger partial charge in [0.15, 0.2) is 0 Å². The van der Waals surface area contributed by atoms with Crippen LogP contribution in [0.3, 0.4) is 0 Å². The largest absolute Gasteiger partial charge is 0.356 e. The topological polar surface area (TPSA) is 22.8 Å². The predicted molar refractivity (Wildman–Crippen MR) is 102 cm³/mol. The lowest BCUT2D eigenvalue weighted by molar-refractivity contribution is 0.676. The molecule has 0 aliphatic rings. The molecule has 0 radical (unpaired) electrons. The molecular formula is C21H18ClN3. The van der Waals surface area contributed by atoms with Crippen LogP contribution in [0.15, 0.2) is 85.7 Å². The maximum Gasteiger partial charge on any atom is 0.0954 e. The molecule has 0 unspecified atom stereocenters. The predicted octanol–water partition coefficient (Wildman–Crippen LogP) is 5.18. The lowest BCUT2D eigenvalue weighted by Gasteiger charge is -2.20. The van der Waals surface area contributed by atoms with Crippen LogP contribution in [0.1, 0.15) is 17.2 Å². The first-order chi connectivity index (χ1) is 12.2. The molecular weight excluding hydrogens is 330 g/mol. The first-order valence-corrected chi connectivity index (χ1v) is 8.54. The van der Waals surface area contributed by atoms with Gasteiger partial charge in [-0.05, 0) is 23.3 Å². The van der Waals surface area contributed by atoms with E-state index >= 15 is 0 Å². The highest BCUT2D eigenvalue weighted by molar-refractivity contribution is 6.30. The summed E-state index contributed by atoms with van der Waals surface area (Å²) in [5, 5.41) is 0.746. The van der Waals surface area contributed by atoms with E-state index in [1.54, 1.807) is 0 Å². The molecule has 0 bridgehead atoms. The Bertz CT molecular complexity index is 954. The SMILES string of the molecule is Cn1cc(-c2ccc(Cl)cc2)c([C@@H](c2ccccc2)n2ccnc2)c1. The molecule has 0 spiro atoms. The fourth-order valence-electron chi connectivity index (χ4n) is 3.26. The summed E-state index contributed by atoms with van der Waals surface area (Å²) in [6, 6.07) is 18.6. The van der Waals surface area contributed by atoms with Crippen molar-refractivity contribution in [2.75, 3.05) is 0 Å². The van der Waals surface area contributed by atoms with Crippen molar-refractivity contribution >= 4 is 11.6 Å². The summed E-state index contributed by atoms with van der Waals surface area (Å²) < 4.78 is 4.25.